The van der Waals surface area contributed by atoms with Crippen LogP contribution in [-0.2, 0) is 19.1 Å². The molecular formula is C18H28O5. The lowest BCUT2D eigenvalue weighted by molar-refractivity contribution is -0.162. The maximum absolute atomic E-state index is 12.9. The first-order valence-electron chi connectivity index (χ1n) is 9.03. The highest BCUT2D eigenvalue weighted by atomic mass is 16.5. The Balaban J connectivity index is 1.99. The van der Waals surface area contributed by atoms with E-state index in [4.69, 9.17) is 9.84 Å². The summed E-state index contributed by atoms with van der Waals surface area (Å²) in [5.74, 6) is -1.35. The highest BCUT2D eigenvalue weighted by Gasteiger charge is 2.36. The van der Waals surface area contributed by atoms with Gasteiger partial charge in [0.05, 0.1) is 12.8 Å². The zero-order valence-electron chi connectivity index (χ0n) is 13.8. The summed E-state index contributed by atoms with van der Waals surface area (Å²) >= 11 is 0. The summed E-state index contributed by atoms with van der Waals surface area (Å²) in [6.45, 7) is 0. The van der Waals surface area contributed by atoms with Crippen molar-refractivity contribution in [3.8, 4) is 0 Å². The number of carbonyl (C=O) groups excluding carboxylic acids is 2. The van der Waals surface area contributed by atoms with E-state index in [2.05, 4.69) is 0 Å². The average molecular weight is 324 g/mol. The van der Waals surface area contributed by atoms with E-state index in [0.29, 0.717) is 0 Å². The summed E-state index contributed by atoms with van der Waals surface area (Å²) in [5, 5.41) is 8.68. The molecule has 0 aromatic rings. The monoisotopic (exact) mass is 324 g/mol. The van der Waals surface area contributed by atoms with E-state index in [0.717, 1.165) is 51.4 Å². The lowest BCUT2D eigenvalue weighted by atomic mass is 9.77. The van der Waals surface area contributed by atoms with Crippen LogP contribution in [0.3, 0.4) is 0 Å². The molecule has 0 aromatic heterocycles. The van der Waals surface area contributed by atoms with E-state index >= 15 is 0 Å². The molecule has 5 nitrogen and oxygen atoms in total. The molecule has 2 saturated carbocycles. The number of Topliss-reactive ketones (excluding diaryl/α,β-unsaturated/α-hetero) is 1. The van der Waals surface area contributed by atoms with Gasteiger partial charge in [0.25, 0.3) is 0 Å². The molecule has 5 heteroatoms. The number of hydrogen-bond donors (Lipinski definition) is 1. The summed E-state index contributed by atoms with van der Waals surface area (Å²) in [6, 6.07) is 0. The first-order valence-corrected chi connectivity index (χ1v) is 9.03. The standard InChI is InChI=1S/C18H28O5/c19-15(20)11-12-16(21)23-18(14-9-5-2-6-10-14)17(22)13-7-3-1-4-8-13/h13-14,18H,1-12H2,(H,19,20). The third kappa shape index (κ3) is 5.63. The summed E-state index contributed by atoms with van der Waals surface area (Å²) in [5.41, 5.74) is 0. The van der Waals surface area contributed by atoms with Crippen molar-refractivity contribution in [2.24, 2.45) is 11.8 Å². The summed E-state index contributed by atoms with van der Waals surface area (Å²) in [7, 11) is 0. The zero-order chi connectivity index (χ0) is 16.7. The summed E-state index contributed by atoms with van der Waals surface area (Å²) in [6.07, 6.45) is 9.24. The van der Waals surface area contributed by atoms with Crippen molar-refractivity contribution in [2.45, 2.75) is 83.2 Å². The van der Waals surface area contributed by atoms with Crippen molar-refractivity contribution >= 4 is 17.7 Å². The van der Waals surface area contributed by atoms with Crippen molar-refractivity contribution in [3.05, 3.63) is 0 Å². The topological polar surface area (TPSA) is 80.7 Å². The van der Waals surface area contributed by atoms with Crippen molar-refractivity contribution in [1.82, 2.24) is 0 Å². The quantitative estimate of drug-likeness (QED) is 0.725. The number of rotatable bonds is 7. The molecule has 2 aliphatic carbocycles. The van der Waals surface area contributed by atoms with Crippen LogP contribution in [-0.4, -0.2) is 28.9 Å². The van der Waals surface area contributed by atoms with Gasteiger partial charge in [-0.15, -0.1) is 0 Å². The number of ketones is 1. The Morgan fingerprint density at radius 2 is 1.43 bits per heavy atom. The number of carboxylic acid groups (broad SMARTS) is 1. The maximum atomic E-state index is 12.9. The van der Waals surface area contributed by atoms with Crippen LogP contribution < -0.4 is 0 Å². The van der Waals surface area contributed by atoms with E-state index in [-0.39, 0.29) is 30.5 Å². The van der Waals surface area contributed by atoms with E-state index in [1.54, 1.807) is 0 Å². The van der Waals surface area contributed by atoms with Crippen LogP contribution in [0.2, 0.25) is 0 Å². The van der Waals surface area contributed by atoms with Crippen molar-refractivity contribution in [1.29, 1.82) is 0 Å². The van der Waals surface area contributed by atoms with Gasteiger partial charge in [0.2, 0.25) is 0 Å². The van der Waals surface area contributed by atoms with Gasteiger partial charge in [-0.25, -0.2) is 0 Å². The molecule has 0 radical (unpaired) electrons. The van der Waals surface area contributed by atoms with Crippen molar-refractivity contribution < 1.29 is 24.2 Å². The number of aliphatic carboxylic acids is 1. The molecule has 23 heavy (non-hydrogen) atoms. The van der Waals surface area contributed by atoms with Crippen LogP contribution >= 0.6 is 0 Å². The van der Waals surface area contributed by atoms with Gasteiger partial charge >= 0.3 is 11.9 Å². The van der Waals surface area contributed by atoms with Crippen LogP contribution in [0.4, 0.5) is 0 Å². The summed E-state index contributed by atoms with van der Waals surface area (Å²) < 4.78 is 5.50. The molecular weight excluding hydrogens is 296 g/mol. The predicted molar refractivity (Wildman–Crippen MR) is 84.9 cm³/mol. The lowest BCUT2D eigenvalue weighted by Gasteiger charge is -2.32. The Kier molecular flexibility index (Phi) is 7.06. The molecule has 0 heterocycles. The van der Waals surface area contributed by atoms with Gasteiger partial charge in [0.15, 0.2) is 11.9 Å². The number of carbonyl (C=O) groups is 3. The number of ether oxygens (including phenoxy) is 1. The largest absolute Gasteiger partial charge is 0.481 e. The minimum absolute atomic E-state index is 0.0166. The lowest BCUT2D eigenvalue weighted by Crippen LogP contribution is -2.40. The molecule has 2 fully saturated rings. The van der Waals surface area contributed by atoms with Crippen molar-refractivity contribution in [3.63, 3.8) is 0 Å². The van der Waals surface area contributed by atoms with E-state index in [9.17, 15) is 14.4 Å². The maximum Gasteiger partial charge on any atom is 0.307 e. The average Bonchev–Trinajstić information content (AvgIpc) is 2.59. The summed E-state index contributed by atoms with van der Waals surface area (Å²) in [4.78, 5) is 35.4. The Labute approximate surface area is 137 Å². The van der Waals surface area contributed by atoms with Crippen LogP contribution in [0.25, 0.3) is 0 Å². The van der Waals surface area contributed by atoms with Crippen LogP contribution in [0.1, 0.15) is 77.0 Å². The fourth-order valence-electron chi connectivity index (χ4n) is 3.85. The predicted octanol–water partition coefficient (Wildman–Crippen LogP) is 3.49. The second kappa shape index (κ2) is 9.04. The van der Waals surface area contributed by atoms with Crippen molar-refractivity contribution in [2.75, 3.05) is 0 Å². The van der Waals surface area contributed by atoms with E-state index in [1.807, 2.05) is 0 Å². The molecule has 0 saturated heterocycles. The Morgan fingerprint density at radius 1 is 0.870 bits per heavy atom. The van der Waals surface area contributed by atoms with Crippen LogP contribution in [0.15, 0.2) is 0 Å². The molecule has 0 bridgehead atoms. The second-order valence-corrected chi connectivity index (χ2v) is 6.94. The fraction of sp³-hybridized carbons (Fsp3) is 0.833. The molecule has 2 aliphatic rings. The minimum Gasteiger partial charge on any atom is -0.481 e. The number of esters is 1. The normalized spacial score (nSPS) is 21.6. The molecule has 130 valence electrons. The van der Waals surface area contributed by atoms with Gasteiger partial charge in [0, 0.05) is 11.8 Å². The molecule has 0 amide bonds. The fourth-order valence-corrected chi connectivity index (χ4v) is 3.85. The Hall–Kier alpha value is -1.39. The first kappa shape index (κ1) is 18.0. The number of carboxylic acids is 1. The minimum atomic E-state index is -1.02. The SMILES string of the molecule is O=C(O)CCC(=O)OC(C(=O)C1CCCCC1)C1CCCCC1. The van der Waals surface area contributed by atoms with Gasteiger partial charge < -0.3 is 9.84 Å². The van der Waals surface area contributed by atoms with Gasteiger partial charge in [-0.1, -0.05) is 38.5 Å². The molecule has 1 unspecified atom stereocenters. The van der Waals surface area contributed by atoms with Gasteiger partial charge in [0.1, 0.15) is 0 Å². The number of hydrogen-bond acceptors (Lipinski definition) is 4. The molecule has 2 rings (SSSR count). The van der Waals surface area contributed by atoms with Gasteiger partial charge in [-0.2, -0.15) is 0 Å². The first-order chi connectivity index (χ1) is 11.1. The molecule has 0 aliphatic heterocycles. The highest BCUT2D eigenvalue weighted by molar-refractivity contribution is 5.88. The second-order valence-electron chi connectivity index (χ2n) is 6.94. The third-order valence-electron chi connectivity index (χ3n) is 5.17. The molecule has 1 N–H and O–H groups in total. The van der Waals surface area contributed by atoms with E-state index < -0.39 is 18.0 Å². The smallest absolute Gasteiger partial charge is 0.307 e. The Bertz CT molecular complexity index is 419. The third-order valence-corrected chi connectivity index (χ3v) is 5.17. The van der Waals surface area contributed by atoms with E-state index in [1.165, 1.54) is 12.8 Å². The van der Waals surface area contributed by atoms with Gasteiger partial charge in [-0.05, 0) is 25.7 Å². The molecule has 1 atom stereocenters. The van der Waals surface area contributed by atoms with Crippen LogP contribution in [0.5, 0.6) is 0 Å². The van der Waals surface area contributed by atoms with Crippen LogP contribution in [0, 0.1) is 11.8 Å². The Morgan fingerprint density at radius 3 is 2.00 bits per heavy atom. The van der Waals surface area contributed by atoms with Gasteiger partial charge in [-0.3, -0.25) is 14.4 Å². The highest BCUT2D eigenvalue weighted by Crippen LogP contribution is 2.33. The zero-order valence-corrected chi connectivity index (χ0v) is 13.8. The molecule has 0 aromatic carbocycles. The molecule has 0 spiro atoms.